The van der Waals surface area contributed by atoms with Gasteiger partial charge in [-0.05, 0) is 68.7 Å². The fourth-order valence-electron chi connectivity index (χ4n) is 4.22. The van der Waals surface area contributed by atoms with Crippen molar-refractivity contribution in [2.75, 3.05) is 25.5 Å². The number of carbonyl (C=O) groups is 1. The van der Waals surface area contributed by atoms with Gasteiger partial charge < -0.3 is 20.7 Å². The number of amides is 1. The second kappa shape index (κ2) is 10.6. The average Bonchev–Trinajstić information content (AvgIpc) is 3.36. The minimum atomic E-state index is -0.702. The van der Waals surface area contributed by atoms with Crippen molar-refractivity contribution >= 4 is 39.2 Å². The molecule has 4 aromatic rings. The number of ether oxygens (including phenoxy) is 1. The fraction of sp³-hybridized carbons (Fsp3) is 0.222. The maximum atomic E-state index is 15.1. The van der Waals surface area contributed by atoms with Crippen LogP contribution in [0.5, 0.6) is 11.6 Å². The van der Waals surface area contributed by atoms with E-state index in [1.165, 1.54) is 29.5 Å². The van der Waals surface area contributed by atoms with Gasteiger partial charge in [-0.15, -0.1) is 11.3 Å². The monoisotopic (exact) mass is 521 g/mol. The molecule has 2 aromatic carbocycles. The Morgan fingerprint density at radius 1 is 1.16 bits per heavy atom. The van der Waals surface area contributed by atoms with Crippen LogP contribution in [0.15, 0.2) is 53.9 Å². The van der Waals surface area contributed by atoms with E-state index < -0.39 is 17.5 Å². The number of piperidine rings is 1. The van der Waals surface area contributed by atoms with Crippen LogP contribution in [0.4, 0.5) is 14.5 Å². The highest BCUT2D eigenvalue weighted by Crippen LogP contribution is 2.36. The van der Waals surface area contributed by atoms with Gasteiger partial charge in [0.05, 0.1) is 5.52 Å². The van der Waals surface area contributed by atoms with Gasteiger partial charge in [-0.1, -0.05) is 18.2 Å². The number of fused-ring (bicyclic) bond motifs is 1. The molecule has 1 aliphatic rings. The Kier molecular flexibility index (Phi) is 7.11. The fourth-order valence-corrected chi connectivity index (χ4v) is 4.97. The number of likely N-dealkylation sites (tertiary alicyclic amines) is 1. The summed E-state index contributed by atoms with van der Waals surface area (Å²) in [5, 5.41) is 4.87. The summed E-state index contributed by atoms with van der Waals surface area (Å²) < 4.78 is 37.0. The average molecular weight is 522 g/mol. The lowest BCUT2D eigenvalue weighted by Crippen LogP contribution is -2.37. The number of nitrogens with zero attached hydrogens (tertiary/aromatic N) is 3. The second-order valence-corrected chi connectivity index (χ2v) is 9.82. The highest BCUT2D eigenvalue weighted by Gasteiger charge is 2.22. The summed E-state index contributed by atoms with van der Waals surface area (Å²) in [7, 11) is 2.03. The van der Waals surface area contributed by atoms with E-state index in [1.807, 2.05) is 12.4 Å². The lowest BCUT2D eigenvalue weighted by molar-refractivity contribution is -0.113. The zero-order valence-electron chi connectivity index (χ0n) is 20.1. The van der Waals surface area contributed by atoms with Crippen molar-refractivity contribution in [2.45, 2.75) is 18.9 Å². The maximum Gasteiger partial charge on any atom is 0.241 e. The Morgan fingerprint density at radius 2 is 1.89 bits per heavy atom. The molecule has 0 spiro atoms. The summed E-state index contributed by atoms with van der Waals surface area (Å²) in [5.74, 6) is -1.18. The Bertz CT molecular complexity index is 1460. The van der Waals surface area contributed by atoms with Gasteiger partial charge in [0.1, 0.15) is 27.8 Å². The number of rotatable bonds is 7. The molecule has 0 atom stereocenters. The van der Waals surface area contributed by atoms with Crippen molar-refractivity contribution in [3.8, 4) is 23.0 Å². The number of anilines is 1. The molecule has 37 heavy (non-hydrogen) atoms. The largest absolute Gasteiger partial charge is 0.437 e. The van der Waals surface area contributed by atoms with Crippen molar-refractivity contribution < 1.29 is 18.3 Å². The number of hydrogen-bond acceptors (Lipinski definition) is 7. The van der Waals surface area contributed by atoms with Gasteiger partial charge in [0.25, 0.3) is 0 Å². The first-order valence-corrected chi connectivity index (χ1v) is 12.7. The Morgan fingerprint density at radius 3 is 2.62 bits per heavy atom. The summed E-state index contributed by atoms with van der Waals surface area (Å²) in [6, 6.07) is 11.3. The molecule has 0 bridgehead atoms. The van der Waals surface area contributed by atoms with E-state index >= 15 is 8.78 Å². The van der Waals surface area contributed by atoms with E-state index in [9.17, 15) is 4.79 Å². The predicted molar refractivity (Wildman–Crippen MR) is 142 cm³/mol. The molecule has 1 fully saturated rings. The predicted octanol–water partition coefficient (Wildman–Crippen LogP) is 5.43. The Labute approximate surface area is 216 Å². The molecule has 3 heterocycles. The van der Waals surface area contributed by atoms with Crippen molar-refractivity contribution in [3.05, 3.63) is 71.1 Å². The summed E-state index contributed by atoms with van der Waals surface area (Å²) in [5.41, 5.74) is 6.49. The Balaban J connectivity index is 1.48. The van der Waals surface area contributed by atoms with E-state index in [0.29, 0.717) is 21.5 Å². The first kappa shape index (κ1) is 24.8. The minimum absolute atomic E-state index is 0.00754. The molecule has 0 aliphatic carbocycles. The van der Waals surface area contributed by atoms with Gasteiger partial charge in [-0.25, -0.2) is 13.8 Å². The van der Waals surface area contributed by atoms with Crippen molar-refractivity contribution in [1.29, 1.82) is 0 Å². The molecule has 1 amide bonds. The number of nitrogens with two attached hydrogens (primary N) is 1. The molecule has 0 saturated carbocycles. The molecular formula is C27H25F2N5O2S. The zero-order chi connectivity index (χ0) is 25.9. The zero-order valence-corrected chi connectivity index (χ0v) is 20.9. The van der Waals surface area contributed by atoms with Crippen LogP contribution in [0, 0.1) is 11.6 Å². The van der Waals surface area contributed by atoms with Crippen LogP contribution in [0.25, 0.3) is 27.7 Å². The Hall–Kier alpha value is -3.89. The van der Waals surface area contributed by atoms with E-state index in [0.717, 1.165) is 25.9 Å². The van der Waals surface area contributed by atoms with Gasteiger partial charge in [0.15, 0.2) is 5.82 Å². The van der Waals surface area contributed by atoms with Crippen LogP contribution in [0.1, 0.15) is 18.4 Å². The lowest BCUT2D eigenvalue weighted by atomic mass is 10.0. The van der Waals surface area contributed by atoms with Crippen LogP contribution >= 0.6 is 11.3 Å². The van der Waals surface area contributed by atoms with E-state index in [2.05, 4.69) is 20.2 Å². The number of nitrogens with one attached hydrogen (secondary N) is 1. The molecule has 190 valence electrons. The summed E-state index contributed by atoms with van der Waals surface area (Å²) in [6.07, 6.45) is 4.41. The second-order valence-electron chi connectivity index (χ2n) is 8.90. The molecule has 0 radical (unpaired) electrons. The summed E-state index contributed by atoms with van der Waals surface area (Å²) >= 11 is 1.39. The van der Waals surface area contributed by atoms with E-state index in [4.69, 9.17) is 10.5 Å². The molecule has 5 rings (SSSR count). The quantitative estimate of drug-likeness (QED) is 0.315. The molecule has 0 unspecified atom stereocenters. The number of carbonyl (C=O) groups excluding carboxylic acids is 1. The highest BCUT2D eigenvalue weighted by molar-refractivity contribution is 7.17. The third-order valence-corrected chi connectivity index (χ3v) is 7.08. The van der Waals surface area contributed by atoms with Crippen LogP contribution in [0.3, 0.4) is 0 Å². The lowest BCUT2D eigenvalue weighted by Gasteiger charge is -2.30. The molecule has 2 aromatic heterocycles. The van der Waals surface area contributed by atoms with Gasteiger partial charge in [-0.2, -0.15) is 4.98 Å². The van der Waals surface area contributed by atoms with Crippen molar-refractivity contribution in [2.24, 2.45) is 5.73 Å². The van der Waals surface area contributed by atoms with Gasteiger partial charge in [0, 0.05) is 23.2 Å². The summed E-state index contributed by atoms with van der Waals surface area (Å²) in [6.45, 7) is 1.75. The minimum Gasteiger partial charge on any atom is -0.437 e. The first-order valence-electron chi connectivity index (χ1n) is 11.8. The topological polar surface area (TPSA) is 93.4 Å². The number of primary amides is 1. The molecule has 1 aliphatic heterocycles. The van der Waals surface area contributed by atoms with E-state index in [1.54, 1.807) is 36.4 Å². The highest BCUT2D eigenvalue weighted by atomic mass is 32.1. The SMILES string of the molecule is CN1CCC(Nc2c(F)cc(-c3nc(Oc4ccccc4/C=C/C(N)=O)c4sccc4n3)cc2F)CC1. The van der Waals surface area contributed by atoms with Crippen molar-refractivity contribution in [3.63, 3.8) is 0 Å². The molecular weight excluding hydrogens is 496 g/mol. The van der Waals surface area contributed by atoms with Crippen molar-refractivity contribution in [1.82, 2.24) is 14.9 Å². The van der Waals surface area contributed by atoms with Gasteiger partial charge in [-0.3, -0.25) is 4.79 Å². The number of thiophene rings is 1. The van der Waals surface area contributed by atoms with Crippen LogP contribution in [-0.4, -0.2) is 47.0 Å². The number of benzene rings is 2. The van der Waals surface area contributed by atoms with Gasteiger partial charge >= 0.3 is 0 Å². The van der Waals surface area contributed by atoms with Crippen LogP contribution in [-0.2, 0) is 4.79 Å². The third kappa shape index (κ3) is 5.60. The number of hydrogen-bond donors (Lipinski definition) is 2. The molecule has 10 heteroatoms. The smallest absolute Gasteiger partial charge is 0.241 e. The standard InChI is InChI=1S/C27H25F2N5O2S/c1-34-11-8-18(9-12-34)31-24-19(28)14-17(15-20(24)29)26-32-21-10-13-37-25(21)27(33-26)36-22-5-3-2-4-16(22)6-7-23(30)35/h2-7,10,13-15,18,31H,8-9,11-12H2,1H3,(H2,30,35)/b7-6+. The van der Waals surface area contributed by atoms with E-state index in [-0.39, 0.29) is 29.0 Å². The number of para-hydroxylation sites is 1. The third-order valence-electron chi connectivity index (χ3n) is 6.19. The normalized spacial score (nSPS) is 14.9. The molecule has 1 saturated heterocycles. The maximum absolute atomic E-state index is 15.1. The molecule has 3 N–H and O–H groups in total. The molecule has 7 nitrogen and oxygen atoms in total. The number of aromatic nitrogens is 2. The van der Waals surface area contributed by atoms with Gasteiger partial charge in [0.2, 0.25) is 11.8 Å². The summed E-state index contributed by atoms with van der Waals surface area (Å²) in [4.78, 5) is 22.4. The number of halogens is 2. The van der Waals surface area contributed by atoms with Crippen LogP contribution < -0.4 is 15.8 Å². The van der Waals surface area contributed by atoms with Crippen LogP contribution in [0.2, 0.25) is 0 Å². The first-order chi connectivity index (χ1) is 17.9.